The van der Waals surface area contributed by atoms with Gasteiger partial charge in [-0.3, -0.25) is 0 Å². The van der Waals surface area contributed by atoms with Gasteiger partial charge < -0.3 is 28.4 Å². The van der Waals surface area contributed by atoms with Crippen molar-refractivity contribution >= 4 is 32.3 Å². The van der Waals surface area contributed by atoms with Crippen LogP contribution in [0.15, 0.2) is 36.4 Å². The Labute approximate surface area is 403 Å². The third kappa shape index (κ3) is 19.6. The van der Waals surface area contributed by atoms with Gasteiger partial charge in [0, 0.05) is 0 Å². The lowest BCUT2D eigenvalue weighted by Gasteiger charge is -2.21. The summed E-state index contributed by atoms with van der Waals surface area (Å²) >= 11 is 0. The van der Waals surface area contributed by atoms with E-state index in [-0.39, 0.29) is 0 Å². The number of ether oxygens (including phenoxy) is 6. The number of rotatable bonds is 42. The van der Waals surface area contributed by atoms with E-state index < -0.39 is 0 Å². The van der Waals surface area contributed by atoms with Crippen LogP contribution < -0.4 is 28.4 Å². The van der Waals surface area contributed by atoms with Gasteiger partial charge in [0.05, 0.1) is 39.6 Å². The van der Waals surface area contributed by atoms with Crippen LogP contribution in [-0.2, 0) is 0 Å². The molecular formula is C60H96O6. The zero-order valence-electron chi connectivity index (χ0n) is 43.4. The van der Waals surface area contributed by atoms with Crippen molar-refractivity contribution in [1.29, 1.82) is 0 Å². The SMILES string of the molecule is CCCCCCCCCCCCOc1cc2c3cc(OCCCCCC)c(OCCCCCC)cc3c3cc(OCCCCCC)c(OCCCCCC)cc3c2cc1OCCCCCC. The average molecular weight is 913 g/mol. The standard InChI is InChI=1S/C60H96O6/c1-7-13-19-25-26-27-28-29-30-36-42-66-60-48-54-52-46-58(64-40-34-23-17-11-5)56(62-38-32-21-15-9-3)44-50(52)49-43-55(61-37-31-20-14-8-2)57(63-39-33-22-16-10-4)45-51(49)53(54)47-59(60)65-41-35-24-18-12-6/h43-48H,7-42H2,1-6H3. The summed E-state index contributed by atoms with van der Waals surface area (Å²) in [4.78, 5) is 0. The minimum atomic E-state index is 0.668. The number of benzene rings is 4. The van der Waals surface area contributed by atoms with Crippen LogP contribution in [0.25, 0.3) is 32.3 Å². The molecule has 0 aliphatic heterocycles. The maximum absolute atomic E-state index is 6.77. The van der Waals surface area contributed by atoms with Crippen LogP contribution in [0.4, 0.5) is 0 Å². The summed E-state index contributed by atoms with van der Waals surface area (Å²) in [5, 5.41) is 6.75. The Balaban J connectivity index is 1.85. The minimum Gasteiger partial charge on any atom is -0.490 e. The van der Waals surface area contributed by atoms with Crippen LogP contribution in [0, 0.1) is 0 Å². The topological polar surface area (TPSA) is 55.4 Å². The predicted molar refractivity (Wildman–Crippen MR) is 284 cm³/mol. The van der Waals surface area contributed by atoms with Crippen LogP contribution in [0.1, 0.15) is 234 Å². The second kappa shape index (κ2) is 34.7. The predicted octanol–water partition coefficient (Wildman–Crippen LogP) is 19.2. The maximum atomic E-state index is 6.77. The first-order valence-corrected chi connectivity index (χ1v) is 27.9. The highest BCUT2D eigenvalue weighted by atomic mass is 16.5. The summed E-state index contributed by atoms with van der Waals surface area (Å²) in [5.41, 5.74) is 0. The fourth-order valence-electron chi connectivity index (χ4n) is 9.02. The van der Waals surface area contributed by atoms with E-state index in [1.54, 1.807) is 0 Å². The molecule has 4 aromatic rings. The zero-order valence-corrected chi connectivity index (χ0v) is 43.4. The second-order valence-electron chi connectivity index (χ2n) is 19.1. The average Bonchev–Trinajstić information content (AvgIpc) is 3.33. The third-order valence-corrected chi connectivity index (χ3v) is 13.2. The van der Waals surface area contributed by atoms with Gasteiger partial charge in [0.2, 0.25) is 0 Å². The molecule has 0 unspecified atom stereocenters. The van der Waals surface area contributed by atoms with Gasteiger partial charge in [-0.05, 0) is 107 Å². The highest BCUT2D eigenvalue weighted by molar-refractivity contribution is 6.26. The Bertz CT molecular complexity index is 1820. The molecule has 0 amide bonds. The molecule has 0 aliphatic carbocycles. The van der Waals surface area contributed by atoms with Crippen molar-refractivity contribution in [3.05, 3.63) is 36.4 Å². The van der Waals surface area contributed by atoms with Crippen molar-refractivity contribution in [2.45, 2.75) is 234 Å². The normalized spacial score (nSPS) is 11.5. The van der Waals surface area contributed by atoms with E-state index in [9.17, 15) is 0 Å². The summed E-state index contributed by atoms with van der Waals surface area (Å²) in [5.74, 6) is 4.92. The molecule has 0 fully saturated rings. The lowest BCUT2D eigenvalue weighted by molar-refractivity contribution is 0.259. The lowest BCUT2D eigenvalue weighted by Crippen LogP contribution is -2.05. The van der Waals surface area contributed by atoms with Crippen molar-refractivity contribution < 1.29 is 28.4 Å². The number of hydrogen-bond donors (Lipinski definition) is 0. The molecular weight excluding hydrogens is 817 g/mol. The van der Waals surface area contributed by atoms with Gasteiger partial charge in [-0.2, -0.15) is 0 Å². The van der Waals surface area contributed by atoms with Gasteiger partial charge in [-0.15, -0.1) is 0 Å². The maximum Gasteiger partial charge on any atom is 0.161 e. The molecule has 0 saturated carbocycles. The molecule has 0 aromatic heterocycles. The quantitative estimate of drug-likeness (QED) is 0.0326. The van der Waals surface area contributed by atoms with E-state index in [1.165, 1.54) is 122 Å². The van der Waals surface area contributed by atoms with Gasteiger partial charge in [0.1, 0.15) is 0 Å². The van der Waals surface area contributed by atoms with Gasteiger partial charge in [0.15, 0.2) is 34.5 Å². The first-order valence-electron chi connectivity index (χ1n) is 27.9. The van der Waals surface area contributed by atoms with Crippen LogP contribution in [0.3, 0.4) is 0 Å². The number of hydrogen-bond acceptors (Lipinski definition) is 6. The zero-order chi connectivity index (χ0) is 46.9. The molecule has 4 aromatic carbocycles. The largest absolute Gasteiger partial charge is 0.490 e. The summed E-state index contributed by atoms with van der Waals surface area (Å²) in [7, 11) is 0. The Morgan fingerprint density at radius 1 is 0.197 bits per heavy atom. The Morgan fingerprint density at radius 3 is 0.500 bits per heavy atom. The fraction of sp³-hybridized carbons (Fsp3) is 0.700. The van der Waals surface area contributed by atoms with Crippen molar-refractivity contribution in [2.75, 3.05) is 39.6 Å². The molecule has 0 N–H and O–H groups in total. The Hall–Kier alpha value is -3.54. The number of unbranched alkanes of at least 4 members (excludes halogenated alkanes) is 24. The summed E-state index contributed by atoms with van der Waals surface area (Å²) in [6.45, 7) is 17.6. The molecule has 6 nitrogen and oxygen atoms in total. The minimum absolute atomic E-state index is 0.668. The molecule has 6 heteroatoms. The number of fused-ring (bicyclic) bond motifs is 6. The van der Waals surface area contributed by atoms with E-state index in [0.717, 1.165) is 137 Å². The summed E-state index contributed by atoms with van der Waals surface area (Å²) in [6, 6.07) is 13.5. The van der Waals surface area contributed by atoms with E-state index in [4.69, 9.17) is 28.4 Å². The van der Waals surface area contributed by atoms with Crippen molar-refractivity contribution in [1.82, 2.24) is 0 Å². The molecule has 0 spiro atoms. The molecule has 4 rings (SSSR count). The third-order valence-electron chi connectivity index (χ3n) is 13.2. The van der Waals surface area contributed by atoms with E-state index in [2.05, 4.69) is 77.9 Å². The molecule has 0 atom stereocenters. The van der Waals surface area contributed by atoms with Crippen LogP contribution in [0.2, 0.25) is 0 Å². The first-order chi connectivity index (χ1) is 32.6. The van der Waals surface area contributed by atoms with Crippen molar-refractivity contribution in [3.63, 3.8) is 0 Å². The summed E-state index contributed by atoms with van der Waals surface area (Å²) in [6.07, 6.45) is 36.0. The highest BCUT2D eigenvalue weighted by Crippen LogP contribution is 2.47. The van der Waals surface area contributed by atoms with E-state index >= 15 is 0 Å². The smallest absolute Gasteiger partial charge is 0.161 e. The van der Waals surface area contributed by atoms with Crippen LogP contribution >= 0.6 is 0 Å². The molecule has 0 saturated heterocycles. The highest BCUT2D eigenvalue weighted by Gasteiger charge is 2.21. The van der Waals surface area contributed by atoms with Gasteiger partial charge in [-0.25, -0.2) is 0 Å². The van der Waals surface area contributed by atoms with Gasteiger partial charge in [-0.1, -0.05) is 196 Å². The van der Waals surface area contributed by atoms with Crippen molar-refractivity contribution in [3.8, 4) is 34.5 Å². The lowest BCUT2D eigenvalue weighted by atomic mass is 9.93. The monoisotopic (exact) mass is 913 g/mol. The first kappa shape index (κ1) is 55.1. The van der Waals surface area contributed by atoms with E-state index in [1.807, 2.05) is 0 Å². The molecule has 0 bridgehead atoms. The van der Waals surface area contributed by atoms with E-state index in [0.29, 0.717) is 39.6 Å². The van der Waals surface area contributed by atoms with Crippen molar-refractivity contribution in [2.24, 2.45) is 0 Å². The molecule has 0 aliphatic rings. The molecule has 372 valence electrons. The Kier molecular flexibility index (Phi) is 29.0. The molecule has 66 heavy (non-hydrogen) atoms. The van der Waals surface area contributed by atoms with Crippen LogP contribution in [0.5, 0.6) is 34.5 Å². The van der Waals surface area contributed by atoms with Gasteiger partial charge >= 0.3 is 0 Å². The fourth-order valence-corrected chi connectivity index (χ4v) is 9.02. The molecule has 0 radical (unpaired) electrons. The summed E-state index contributed by atoms with van der Waals surface area (Å²) < 4.78 is 40.2. The molecule has 0 heterocycles. The second-order valence-corrected chi connectivity index (χ2v) is 19.1. The van der Waals surface area contributed by atoms with Gasteiger partial charge in [0.25, 0.3) is 0 Å². The Morgan fingerprint density at radius 2 is 0.333 bits per heavy atom. The van der Waals surface area contributed by atoms with Crippen LogP contribution in [-0.4, -0.2) is 39.6 Å².